The largest absolute Gasteiger partial charge is 0.385 e. The van der Waals surface area contributed by atoms with E-state index >= 15 is 0 Å². The highest BCUT2D eigenvalue weighted by Crippen LogP contribution is 2.26. The molecule has 8 nitrogen and oxygen atoms in total. The Morgan fingerprint density at radius 3 is 2.58 bits per heavy atom. The van der Waals surface area contributed by atoms with Crippen LogP contribution in [0, 0.1) is 5.82 Å². The van der Waals surface area contributed by atoms with Gasteiger partial charge in [-0.2, -0.15) is 0 Å². The van der Waals surface area contributed by atoms with E-state index in [0.717, 1.165) is 36.1 Å². The summed E-state index contributed by atoms with van der Waals surface area (Å²) in [5.74, 6) is -2.30. The SMILES string of the molecule is CCCNc1ccc2c(=O)n(-c3ccc(CC(=O)CS(=O)(=O)c4ccc(Cl)s4)cc3F)c(=O)[nH]c2c1. The van der Waals surface area contributed by atoms with Crippen molar-refractivity contribution in [2.75, 3.05) is 17.6 Å². The number of ketones is 1. The monoisotopic (exact) mass is 549 g/mol. The van der Waals surface area contributed by atoms with Gasteiger partial charge in [-0.3, -0.25) is 9.59 Å². The van der Waals surface area contributed by atoms with Crippen molar-refractivity contribution in [3.05, 3.63) is 85.1 Å². The summed E-state index contributed by atoms with van der Waals surface area (Å²) in [6, 6.07) is 11.2. The average molecular weight is 550 g/mol. The second-order valence-corrected chi connectivity index (χ2v) is 12.0. The number of aromatic nitrogens is 2. The van der Waals surface area contributed by atoms with Crippen molar-refractivity contribution in [2.24, 2.45) is 0 Å². The van der Waals surface area contributed by atoms with Gasteiger partial charge in [-0.15, -0.1) is 11.3 Å². The predicted octanol–water partition coefficient (Wildman–Crippen LogP) is 3.94. The van der Waals surface area contributed by atoms with Crippen LogP contribution in [0.4, 0.5) is 10.1 Å². The number of hydrogen-bond acceptors (Lipinski definition) is 7. The number of H-pyrrole nitrogens is 1. The number of thiophene rings is 1. The summed E-state index contributed by atoms with van der Waals surface area (Å²) in [7, 11) is -3.87. The Kier molecular flexibility index (Phi) is 7.43. The molecule has 2 aromatic carbocycles. The van der Waals surface area contributed by atoms with Crippen LogP contribution in [0.25, 0.3) is 16.6 Å². The highest BCUT2D eigenvalue weighted by Gasteiger charge is 2.22. The summed E-state index contributed by atoms with van der Waals surface area (Å²) in [5, 5.41) is 3.37. The van der Waals surface area contributed by atoms with Gasteiger partial charge in [0.05, 0.1) is 20.9 Å². The van der Waals surface area contributed by atoms with Crippen molar-refractivity contribution >= 4 is 55.1 Å². The first kappa shape index (κ1) is 25.8. The smallest absolute Gasteiger partial charge is 0.333 e. The number of anilines is 1. The number of halogens is 2. The summed E-state index contributed by atoms with van der Waals surface area (Å²) in [6.45, 7) is 2.73. The molecule has 0 atom stereocenters. The minimum atomic E-state index is -3.87. The van der Waals surface area contributed by atoms with Crippen LogP contribution in [0.15, 0.2) is 62.3 Å². The Morgan fingerprint density at radius 2 is 1.92 bits per heavy atom. The van der Waals surface area contributed by atoms with Gasteiger partial charge in [0.2, 0.25) is 0 Å². The number of nitrogens with one attached hydrogen (secondary N) is 2. The van der Waals surface area contributed by atoms with Crippen LogP contribution >= 0.6 is 22.9 Å². The number of sulfone groups is 1. The maximum absolute atomic E-state index is 15.0. The zero-order valence-electron chi connectivity index (χ0n) is 19.0. The lowest BCUT2D eigenvalue weighted by Gasteiger charge is -2.10. The molecule has 0 saturated heterocycles. The lowest BCUT2D eigenvalue weighted by Crippen LogP contribution is -2.34. The molecule has 0 aliphatic heterocycles. The zero-order valence-corrected chi connectivity index (χ0v) is 21.4. The number of carbonyl (C=O) groups is 1. The van der Waals surface area contributed by atoms with Gasteiger partial charge >= 0.3 is 5.69 Å². The summed E-state index contributed by atoms with van der Waals surface area (Å²) < 4.78 is 40.7. The van der Waals surface area contributed by atoms with Crippen molar-refractivity contribution in [2.45, 2.75) is 24.0 Å². The predicted molar refractivity (Wildman–Crippen MR) is 139 cm³/mol. The van der Waals surface area contributed by atoms with E-state index in [1.807, 2.05) is 6.92 Å². The van der Waals surface area contributed by atoms with Crippen molar-refractivity contribution < 1.29 is 17.6 Å². The van der Waals surface area contributed by atoms with E-state index in [4.69, 9.17) is 11.6 Å². The molecule has 4 aromatic rings. The average Bonchev–Trinajstić information content (AvgIpc) is 3.26. The van der Waals surface area contributed by atoms with Crippen LogP contribution in [-0.2, 0) is 21.1 Å². The first-order valence-electron chi connectivity index (χ1n) is 10.9. The second kappa shape index (κ2) is 10.4. The number of fused-ring (bicyclic) bond motifs is 1. The third-order valence-corrected chi connectivity index (χ3v) is 8.83. The Hall–Kier alpha value is -3.28. The molecule has 2 aromatic heterocycles. The molecule has 0 aliphatic carbocycles. The highest BCUT2D eigenvalue weighted by atomic mass is 35.5. The Bertz CT molecular complexity index is 1690. The summed E-state index contributed by atoms with van der Waals surface area (Å²) in [4.78, 5) is 40.7. The number of rotatable bonds is 9. The number of hydrogen-bond donors (Lipinski definition) is 2. The van der Waals surface area contributed by atoms with Crippen LogP contribution in [0.5, 0.6) is 0 Å². The van der Waals surface area contributed by atoms with Crippen molar-refractivity contribution in [3.63, 3.8) is 0 Å². The lowest BCUT2D eigenvalue weighted by molar-refractivity contribution is -0.116. The van der Waals surface area contributed by atoms with Crippen LogP contribution in [-0.4, -0.2) is 36.0 Å². The Balaban J connectivity index is 1.59. The van der Waals surface area contributed by atoms with Gasteiger partial charge in [0.1, 0.15) is 15.8 Å². The maximum atomic E-state index is 15.0. The second-order valence-electron chi connectivity index (χ2n) is 8.08. The third kappa shape index (κ3) is 5.43. The molecule has 0 fully saturated rings. The molecule has 0 spiro atoms. The van der Waals surface area contributed by atoms with Gasteiger partial charge in [-0.1, -0.05) is 24.6 Å². The van der Waals surface area contributed by atoms with Gasteiger partial charge in [0.15, 0.2) is 15.6 Å². The Morgan fingerprint density at radius 1 is 1.14 bits per heavy atom. The first-order chi connectivity index (χ1) is 17.1. The number of benzene rings is 2. The molecular weight excluding hydrogens is 529 g/mol. The molecule has 12 heteroatoms. The topological polar surface area (TPSA) is 118 Å². The molecule has 0 bridgehead atoms. The van der Waals surface area contributed by atoms with Crippen molar-refractivity contribution in [1.82, 2.24) is 9.55 Å². The van der Waals surface area contributed by atoms with E-state index in [1.54, 1.807) is 18.2 Å². The molecule has 0 unspecified atom stereocenters. The number of carbonyl (C=O) groups excluding carboxylic acids is 1. The quantitative estimate of drug-likeness (QED) is 0.326. The molecule has 2 N–H and O–H groups in total. The van der Waals surface area contributed by atoms with E-state index in [-0.39, 0.29) is 31.6 Å². The van der Waals surface area contributed by atoms with E-state index in [9.17, 15) is 27.2 Å². The lowest BCUT2D eigenvalue weighted by atomic mass is 10.1. The molecule has 36 heavy (non-hydrogen) atoms. The minimum Gasteiger partial charge on any atom is -0.385 e. The van der Waals surface area contributed by atoms with E-state index < -0.39 is 38.4 Å². The standard InChI is InChI=1S/C24H21ClFN3O5S2/c1-2-9-27-15-4-5-17-19(12-15)28-24(32)29(23(17)31)20-6-3-14(11-18(20)26)10-16(30)13-36(33,34)22-8-7-21(25)35-22/h3-8,11-12,27H,2,9-10,13H2,1H3,(H,28,32). The third-order valence-electron chi connectivity index (χ3n) is 5.34. The first-order valence-corrected chi connectivity index (χ1v) is 13.8. The molecule has 0 radical (unpaired) electrons. The van der Waals surface area contributed by atoms with Crippen LogP contribution in [0.2, 0.25) is 4.34 Å². The number of nitrogens with zero attached hydrogens (tertiary/aromatic N) is 1. The fourth-order valence-electron chi connectivity index (χ4n) is 3.68. The molecule has 0 saturated carbocycles. The summed E-state index contributed by atoms with van der Waals surface area (Å²) >= 11 is 6.62. The number of Topliss-reactive ketones (excluding diaryl/α,β-unsaturated/α-hetero) is 1. The number of aromatic amines is 1. The van der Waals surface area contributed by atoms with Gasteiger partial charge in [0.25, 0.3) is 5.56 Å². The Labute approximate surface area is 214 Å². The fraction of sp³-hybridized carbons (Fsp3) is 0.208. The molecular formula is C24H21ClFN3O5S2. The van der Waals surface area contributed by atoms with E-state index in [2.05, 4.69) is 10.3 Å². The normalized spacial score (nSPS) is 11.6. The zero-order chi connectivity index (χ0) is 26.0. The van der Waals surface area contributed by atoms with Crippen molar-refractivity contribution in [1.29, 1.82) is 0 Å². The van der Waals surface area contributed by atoms with E-state index in [0.29, 0.717) is 10.1 Å². The van der Waals surface area contributed by atoms with Crippen LogP contribution in [0.1, 0.15) is 18.9 Å². The summed E-state index contributed by atoms with van der Waals surface area (Å²) in [6.07, 6.45) is 0.558. The van der Waals surface area contributed by atoms with E-state index in [1.165, 1.54) is 24.3 Å². The van der Waals surface area contributed by atoms with Gasteiger partial charge in [-0.05, 0) is 54.4 Å². The molecule has 188 valence electrons. The van der Waals surface area contributed by atoms with Crippen LogP contribution < -0.4 is 16.6 Å². The van der Waals surface area contributed by atoms with Gasteiger partial charge in [0, 0.05) is 18.7 Å². The molecule has 2 heterocycles. The van der Waals surface area contributed by atoms with Gasteiger partial charge in [-0.25, -0.2) is 22.2 Å². The highest BCUT2D eigenvalue weighted by molar-refractivity contribution is 7.94. The summed E-state index contributed by atoms with van der Waals surface area (Å²) in [5.41, 5.74) is -0.534. The van der Waals surface area contributed by atoms with Crippen LogP contribution in [0.3, 0.4) is 0 Å². The molecule has 0 aliphatic rings. The van der Waals surface area contributed by atoms with Crippen molar-refractivity contribution in [3.8, 4) is 5.69 Å². The molecule has 0 amide bonds. The van der Waals surface area contributed by atoms with Gasteiger partial charge < -0.3 is 10.3 Å². The fourth-order valence-corrected chi connectivity index (χ4v) is 6.50. The maximum Gasteiger partial charge on any atom is 0.333 e. The minimum absolute atomic E-state index is 0.0226. The molecule has 4 rings (SSSR count).